The van der Waals surface area contributed by atoms with E-state index in [-0.39, 0.29) is 35.3 Å². The Morgan fingerprint density at radius 2 is 2.00 bits per heavy atom. The lowest BCUT2D eigenvalue weighted by Crippen LogP contribution is -2.48. The van der Waals surface area contributed by atoms with E-state index < -0.39 is 0 Å². The quantitative estimate of drug-likeness (QED) is 0.604. The SMILES string of the molecule is Cc1cc(C)n(CCNC(=O)[C@@H]2CCCN(c3cccc4c3C(=O)N([C@H]3CCOC(C)(C)C3)C4=O)C2)n1. The fraction of sp³-hybridized carbons (Fsp3) is 0.571. The van der Waals surface area contributed by atoms with E-state index in [0.717, 1.165) is 36.5 Å². The number of nitrogens with zero attached hydrogens (tertiary/aromatic N) is 4. The van der Waals surface area contributed by atoms with Crippen LogP contribution in [0.4, 0.5) is 5.69 Å². The molecule has 2 aromatic rings. The van der Waals surface area contributed by atoms with Gasteiger partial charge in [0.1, 0.15) is 0 Å². The highest BCUT2D eigenvalue weighted by atomic mass is 16.5. The van der Waals surface area contributed by atoms with Crippen molar-refractivity contribution in [1.29, 1.82) is 0 Å². The van der Waals surface area contributed by atoms with Crippen molar-refractivity contribution in [3.8, 4) is 0 Å². The van der Waals surface area contributed by atoms with E-state index >= 15 is 0 Å². The number of carbonyl (C=O) groups is 3. The number of piperidine rings is 1. The van der Waals surface area contributed by atoms with Crippen molar-refractivity contribution in [2.75, 3.05) is 31.1 Å². The third-order valence-electron chi connectivity index (χ3n) is 7.82. The second-order valence-electron chi connectivity index (χ2n) is 11.2. The highest BCUT2D eigenvalue weighted by Crippen LogP contribution is 2.38. The molecule has 0 aliphatic carbocycles. The van der Waals surface area contributed by atoms with Crippen LogP contribution in [0.1, 0.15) is 71.6 Å². The first-order valence-electron chi connectivity index (χ1n) is 13.3. The molecule has 1 aromatic heterocycles. The van der Waals surface area contributed by atoms with Gasteiger partial charge in [0.2, 0.25) is 5.91 Å². The monoisotopic (exact) mass is 507 g/mol. The number of amides is 3. The summed E-state index contributed by atoms with van der Waals surface area (Å²) in [5.41, 5.74) is 3.36. The Balaban J connectivity index is 1.28. The van der Waals surface area contributed by atoms with Crippen molar-refractivity contribution >= 4 is 23.4 Å². The minimum absolute atomic E-state index is 0.0206. The number of aryl methyl sites for hydroxylation is 2. The maximum Gasteiger partial charge on any atom is 0.263 e. The Morgan fingerprint density at radius 3 is 2.73 bits per heavy atom. The Bertz CT molecular complexity index is 1220. The number of hydrogen-bond donors (Lipinski definition) is 1. The minimum Gasteiger partial charge on any atom is -0.375 e. The lowest BCUT2D eigenvalue weighted by Gasteiger charge is -2.39. The highest BCUT2D eigenvalue weighted by molar-refractivity contribution is 6.24. The van der Waals surface area contributed by atoms with Gasteiger partial charge in [0, 0.05) is 38.0 Å². The summed E-state index contributed by atoms with van der Waals surface area (Å²) >= 11 is 0. The zero-order valence-electron chi connectivity index (χ0n) is 22.2. The Kier molecular flexibility index (Phi) is 6.83. The second-order valence-corrected chi connectivity index (χ2v) is 11.2. The predicted octanol–water partition coefficient (Wildman–Crippen LogP) is 3.09. The van der Waals surface area contributed by atoms with E-state index in [1.165, 1.54) is 4.90 Å². The van der Waals surface area contributed by atoms with Crippen molar-refractivity contribution in [1.82, 2.24) is 20.0 Å². The van der Waals surface area contributed by atoms with Gasteiger partial charge in [0.05, 0.1) is 40.6 Å². The normalized spacial score (nSPS) is 23.4. The summed E-state index contributed by atoms with van der Waals surface area (Å²) in [6, 6.07) is 7.34. The van der Waals surface area contributed by atoms with Gasteiger partial charge >= 0.3 is 0 Å². The third-order valence-corrected chi connectivity index (χ3v) is 7.82. The van der Waals surface area contributed by atoms with Crippen LogP contribution in [0.3, 0.4) is 0 Å². The summed E-state index contributed by atoms with van der Waals surface area (Å²) in [4.78, 5) is 43.6. The van der Waals surface area contributed by atoms with E-state index in [9.17, 15) is 14.4 Å². The van der Waals surface area contributed by atoms with Crippen LogP contribution in [0.5, 0.6) is 0 Å². The van der Waals surface area contributed by atoms with E-state index in [0.29, 0.717) is 50.2 Å². The maximum atomic E-state index is 13.7. The van der Waals surface area contributed by atoms with Crippen LogP contribution in [0.2, 0.25) is 0 Å². The summed E-state index contributed by atoms with van der Waals surface area (Å²) < 4.78 is 7.72. The molecule has 0 spiro atoms. The number of hydrogen-bond acceptors (Lipinski definition) is 6. The van der Waals surface area contributed by atoms with Crippen LogP contribution < -0.4 is 10.2 Å². The molecule has 2 fully saturated rings. The molecule has 2 saturated heterocycles. The van der Waals surface area contributed by atoms with Crippen LogP contribution in [0, 0.1) is 19.8 Å². The summed E-state index contributed by atoms with van der Waals surface area (Å²) in [5.74, 6) is -0.605. The highest BCUT2D eigenvalue weighted by Gasteiger charge is 2.45. The van der Waals surface area contributed by atoms with E-state index in [4.69, 9.17) is 4.74 Å². The smallest absolute Gasteiger partial charge is 0.263 e. The molecule has 4 heterocycles. The molecule has 0 bridgehead atoms. The van der Waals surface area contributed by atoms with Gasteiger partial charge in [-0.2, -0.15) is 5.10 Å². The average molecular weight is 508 g/mol. The number of fused-ring (bicyclic) bond motifs is 1. The largest absolute Gasteiger partial charge is 0.375 e. The Hall–Kier alpha value is -3.20. The first-order chi connectivity index (χ1) is 17.6. The third kappa shape index (κ3) is 5.01. The molecule has 9 nitrogen and oxygen atoms in total. The van der Waals surface area contributed by atoms with Gasteiger partial charge < -0.3 is 15.0 Å². The molecule has 198 valence electrons. The molecule has 0 radical (unpaired) electrons. The minimum atomic E-state index is -0.372. The second kappa shape index (κ2) is 9.93. The lowest BCUT2D eigenvalue weighted by atomic mass is 9.93. The van der Waals surface area contributed by atoms with Crippen molar-refractivity contribution in [3.05, 3.63) is 46.8 Å². The molecule has 0 saturated carbocycles. The average Bonchev–Trinajstić information content (AvgIpc) is 3.32. The molecule has 3 aliphatic rings. The standard InChI is InChI=1S/C28H37N5O4/c1-18-15-19(2)32(30-18)13-11-29-25(34)20-7-6-12-31(17-20)23-9-5-8-22-24(23)27(36)33(26(22)35)21-10-14-37-28(3,4)16-21/h5,8-9,15,20-21H,6-7,10-14,16-17H2,1-4H3,(H,29,34)/t20-,21+/m1/s1. The fourth-order valence-electron chi connectivity index (χ4n) is 6.04. The van der Waals surface area contributed by atoms with Gasteiger partial charge in [-0.05, 0) is 71.6 Å². The summed E-state index contributed by atoms with van der Waals surface area (Å²) in [5, 5.41) is 7.52. The molecule has 3 amide bonds. The van der Waals surface area contributed by atoms with Crippen molar-refractivity contribution < 1.29 is 19.1 Å². The topological polar surface area (TPSA) is 96.8 Å². The van der Waals surface area contributed by atoms with Gasteiger partial charge in [0.25, 0.3) is 11.8 Å². The van der Waals surface area contributed by atoms with Crippen LogP contribution in [0.25, 0.3) is 0 Å². The van der Waals surface area contributed by atoms with Crippen LogP contribution in [0.15, 0.2) is 24.3 Å². The van der Waals surface area contributed by atoms with Crippen molar-refractivity contribution in [2.45, 2.75) is 71.6 Å². The summed E-state index contributed by atoms with van der Waals surface area (Å²) in [6.07, 6.45) is 2.91. The predicted molar refractivity (Wildman–Crippen MR) is 140 cm³/mol. The van der Waals surface area contributed by atoms with Crippen LogP contribution >= 0.6 is 0 Å². The maximum absolute atomic E-state index is 13.7. The van der Waals surface area contributed by atoms with Gasteiger partial charge in [-0.15, -0.1) is 0 Å². The number of imide groups is 1. The molecule has 2 atom stereocenters. The van der Waals surface area contributed by atoms with Crippen molar-refractivity contribution in [2.24, 2.45) is 5.92 Å². The number of rotatable bonds is 6. The number of aromatic nitrogens is 2. The first kappa shape index (κ1) is 25.4. The number of carbonyl (C=O) groups excluding carboxylic acids is 3. The Labute approximate surface area is 218 Å². The lowest BCUT2D eigenvalue weighted by molar-refractivity contribution is -0.125. The van der Waals surface area contributed by atoms with Crippen molar-refractivity contribution in [3.63, 3.8) is 0 Å². The summed E-state index contributed by atoms with van der Waals surface area (Å²) in [7, 11) is 0. The number of benzene rings is 1. The number of anilines is 1. The summed E-state index contributed by atoms with van der Waals surface area (Å²) in [6.45, 7) is 10.9. The Morgan fingerprint density at radius 1 is 1.19 bits per heavy atom. The molecular weight excluding hydrogens is 470 g/mol. The molecule has 9 heteroatoms. The number of nitrogens with one attached hydrogen (secondary N) is 1. The molecule has 1 N–H and O–H groups in total. The zero-order valence-corrected chi connectivity index (χ0v) is 22.2. The van der Waals surface area contributed by atoms with Crippen LogP contribution in [-0.2, 0) is 16.1 Å². The molecule has 3 aliphatic heterocycles. The van der Waals surface area contributed by atoms with Gasteiger partial charge in [0.15, 0.2) is 0 Å². The van der Waals surface area contributed by atoms with E-state index in [1.807, 2.05) is 50.6 Å². The van der Waals surface area contributed by atoms with Crippen LogP contribution in [-0.4, -0.2) is 70.3 Å². The first-order valence-corrected chi connectivity index (χ1v) is 13.3. The van der Waals surface area contributed by atoms with Gasteiger partial charge in [-0.25, -0.2) is 0 Å². The number of ether oxygens (including phenoxy) is 1. The molecule has 1 aromatic carbocycles. The molecule has 0 unspecified atom stereocenters. The molecule has 37 heavy (non-hydrogen) atoms. The molecule has 5 rings (SSSR count). The molecular formula is C28H37N5O4. The van der Waals surface area contributed by atoms with E-state index in [2.05, 4.69) is 15.3 Å². The van der Waals surface area contributed by atoms with E-state index in [1.54, 1.807) is 6.07 Å². The zero-order chi connectivity index (χ0) is 26.3. The van der Waals surface area contributed by atoms with Gasteiger partial charge in [-0.1, -0.05) is 6.07 Å². The van der Waals surface area contributed by atoms with Gasteiger partial charge in [-0.3, -0.25) is 24.0 Å². The fourth-order valence-corrected chi connectivity index (χ4v) is 6.04.